The smallest absolute Gasteiger partial charge is 0.0755 e. The van der Waals surface area contributed by atoms with Crippen molar-refractivity contribution in [3.8, 4) is 0 Å². The molecule has 3 aromatic rings. The molecule has 0 bridgehead atoms. The first kappa shape index (κ1) is 12.8. The summed E-state index contributed by atoms with van der Waals surface area (Å²) >= 11 is 0. The van der Waals surface area contributed by atoms with Gasteiger partial charge >= 0.3 is 0 Å². The van der Waals surface area contributed by atoms with Crippen LogP contribution in [0.1, 0.15) is 23.0 Å². The lowest BCUT2D eigenvalue weighted by Crippen LogP contribution is -2.19. The van der Waals surface area contributed by atoms with Crippen LogP contribution in [0.15, 0.2) is 54.9 Å². The second-order valence-electron chi connectivity index (χ2n) is 4.87. The molecule has 0 aliphatic carbocycles. The highest BCUT2D eigenvalue weighted by atomic mass is 14.9. The fourth-order valence-corrected chi connectivity index (χ4v) is 2.59. The Balaban J connectivity index is 2.17. The minimum atomic E-state index is 0.0843. The number of benzene rings is 1. The molecular formula is C17H17N3. The first-order valence-corrected chi connectivity index (χ1v) is 6.73. The Hall–Kier alpha value is -2.26. The Morgan fingerprint density at radius 1 is 1.05 bits per heavy atom. The molecule has 3 nitrogen and oxygen atoms in total. The van der Waals surface area contributed by atoms with E-state index in [0.29, 0.717) is 0 Å². The number of fused-ring (bicyclic) bond motifs is 1. The molecule has 2 aromatic heterocycles. The van der Waals surface area contributed by atoms with Gasteiger partial charge in [-0.3, -0.25) is 9.97 Å². The number of rotatable bonds is 3. The van der Waals surface area contributed by atoms with Crippen LogP contribution in [0.2, 0.25) is 0 Å². The molecule has 20 heavy (non-hydrogen) atoms. The second kappa shape index (κ2) is 5.39. The van der Waals surface area contributed by atoms with Gasteiger partial charge in [0.2, 0.25) is 0 Å². The lowest BCUT2D eigenvalue weighted by Gasteiger charge is -2.18. The Labute approximate surface area is 118 Å². The van der Waals surface area contributed by atoms with Gasteiger partial charge in [-0.25, -0.2) is 0 Å². The lowest BCUT2D eigenvalue weighted by molar-refractivity contribution is 0.673. The zero-order valence-corrected chi connectivity index (χ0v) is 11.7. The summed E-state index contributed by atoms with van der Waals surface area (Å²) < 4.78 is 0. The molecule has 0 aliphatic rings. The molecule has 1 N–H and O–H groups in total. The predicted molar refractivity (Wildman–Crippen MR) is 81.6 cm³/mol. The molecule has 3 rings (SSSR count). The standard InChI is InChI=1S/C17H17N3/c1-12-5-3-8-16(20-12)17(18-2)15-7-4-6-13-11-19-10-9-14(13)15/h3-11,17-18H,1-2H3. The average Bonchev–Trinajstić information content (AvgIpc) is 2.48. The maximum atomic E-state index is 4.65. The SMILES string of the molecule is CNC(c1cccc(C)n1)c1cccc2cnccc12. The zero-order chi connectivity index (χ0) is 13.9. The van der Waals surface area contributed by atoms with Gasteiger partial charge in [0.1, 0.15) is 0 Å². The minimum absolute atomic E-state index is 0.0843. The Morgan fingerprint density at radius 2 is 1.90 bits per heavy atom. The van der Waals surface area contributed by atoms with E-state index in [2.05, 4.69) is 51.7 Å². The average molecular weight is 263 g/mol. The highest BCUT2D eigenvalue weighted by molar-refractivity contribution is 5.85. The molecular weight excluding hydrogens is 246 g/mol. The molecule has 0 spiro atoms. The van der Waals surface area contributed by atoms with Gasteiger partial charge in [-0.1, -0.05) is 24.3 Å². The van der Waals surface area contributed by atoms with Crippen LogP contribution in [0.5, 0.6) is 0 Å². The van der Waals surface area contributed by atoms with Crippen molar-refractivity contribution < 1.29 is 0 Å². The molecule has 3 heteroatoms. The number of aromatic nitrogens is 2. The first-order valence-electron chi connectivity index (χ1n) is 6.73. The highest BCUT2D eigenvalue weighted by Gasteiger charge is 2.15. The van der Waals surface area contributed by atoms with Crippen molar-refractivity contribution in [3.05, 3.63) is 71.8 Å². The fraction of sp³-hybridized carbons (Fsp3) is 0.176. The molecule has 0 aliphatic heterocycles. The van der Waals surface area contributed by atoms with Crippen molar-refractivity contribution in [2.24, 2.45) is 0 Å². The third-order valence-electron chi connectivity index (χ3n) is 3.52. The lowest BCUT2D eigenvalue weighted by atomic mass is 9.97. The van der Waals surface area contributed by atoms with Crippen LogP contribution in [-0.2, 0) is 0 Å². The Bertz CT molecular complexity index is 732. The van der Waals surface area contributed by atoms with E-state index in [-0.39, 0.29) is 6.04 Å². The van der Waals surface area contributed by atoms with E-state index < -0.39 is 0 Å². The minimum Gasteiger partial charge on any atom is -0.308 e. The third kappa shape index (κ3) is 2.28. The molecule has 2 heterocycles. The van der Waals surface area contributed by atoms with Crippen molar-refractivity contribution in [3.63, 3.8) is 0 Å². The number of nitrogens with zero attached hydrogens (tertiary/aromatic N) is 2. The summed E-state index contributed by atoms with van der Waals surface area (Å²) in [4.78, 5) is 8.84. The van der Waals surface area contributed by atoms with Crippen LogP contribution in [-0.4, -0.2) is 17.0 Å². The van der Waals surface area contributed by atoms with Gasteiger partial charge in [0.05, 0.1) is 11.7 Å². The zero-order valence-electron chi connectivity index (χ0n) is 11.7. The van der Waals surface area contributed by atoms with Crippen molar-refractivity contribution in [1.29, 1.82) is 0 Å². The number of hydrogen-bond acceptors (Lipinski definition) is 3. The van der Waals surface area contributed by atoms with Gasteiger partial charge in [0.15, 0.2) is 0 Å². The van der Waals surface area contributed by atoms with Crippen molar-refractivity contribution in [2.45, 2.75) is 13.0 Å². The molecule has 0 amide bonds. The summed E-state index contributed by atoms with van der Waals surface area (Å²) in [5, 5.41) is 5.74. The van der Waals surface area contributed by atoms with E-state index in [9.17, 15) is 0 Å². The van der Waals surface area contributed by atoms with Crippen LogP contribution in [0.4, 0.5) is 0 Å². The summed E-state index contributed by atoms with van der Waals surface area (Å²) in [5.41, 5.74) is 3.30. The number of pyridine rings is 2. The Morgan fingerprint density at radius 3 is 2.70 bits per heavy atom. The quantitative estimate of drug-likeness (QED) is 0.788. The van der Waals surface area contributed by atoms with E-state index in [1.165, 1.54) is 10.9 Å². The van der Waals surface area contributed by atoms with Crippen LogP contribution in [0.25, 0.3) is 10.8 Å². The summed E-state index contributed by atoms with van der Waals surface area (Å²) in [6.07, 6.45) is 3.73. The first-order chi connectivity index (χ1) is 9.79. The fourth-order valence-electron chi connectivity index (χ4n) is 2.59. The van der Waals surface area contributed by atoms with Gasteiger partial charge < -0.3 is 5.32 Å². The summed E-state index contributed by atoms with van der Waals surface area (Å²) in [6.45, 7) is 2.02. The molecule has 0 saturated heterocycles. The number of aryl methyl sites for hydroxylation is 1. The van der Waals surface area contributed by atoms with E-state index in [1.807, 2.05) is 32.4 Å². The van der Waals surface area contributed by atoms with Crippen LogP contribution >= 0.6 is 0 Å². The normalized spacial score (nSPS) is 12.5. The molecule has 1 atom stereocenters. The van der Waals surface area contributed by atoms with Gasteiger partial charge in [-0.15, -0.1) is 0 Å². The van der Waals surface area contributed by atoms with Crippen LogP contribution in [0.3, 0.4) is 0 Å². The van der Waals surface area contributed by atoms with Gasteiger partial charge in [0.25, 0.3) is 0 Å². The van der Waals surface area contributed by atoms with Crippen molar-refractivity contribution >= 4 is 10.8 Å². The summed E-state index contributed by atoms with van der Waals surface area (Å²) in [7, 11) is 1.97. The topological polar surface area (TPSA) is 37.8 Å². The van der Waals surface area contributed by atoms with E-state index in [4.69, 9.17) is 0 Å². The van der Waals surface area contributed by atoms with E-state index in [0.717, 1.165) is 16.8 Å². The molecule has 1 unspecified atom stereocenters. The van der Waals surface area contributed by atoms with Crippen molar-refractivity contribution in [1.82, 2.24) is 15.3 Å². The maximum Gasteiger partial charge on any atom is 0.0755 e. The number of hydrogen-bond donors (Lipinski definition) is 1. The second-order valence-corrected chi connectivity index (χ2v) is 4.87. The van der Waals surface area contributed by atoms with Crippen molar-refractivity contribution in [2.75, 3.05) is 7.05 Å². The van der Waals surface area contributed by atoms with Crippen LogP contribution < -0.4 is 5.32 Å². The predicted octanol–water partition coefficient (Wildman–Crippen LogP) is 3.25. The number of nitrogens with one attached hydrogen (secondary N) is 1. The highest BCUT2D eigenvalue weighted by Crippen LogP contribution is 2.27. The van der Waals surface area contributed by atoms with E-state index in [1.54, 1.807) is 0 Å². The largest absolute Gasteiger partial charge is 0.308 e. The van der Waals surface area contributed by atoms with E-state index >= 15 is 0 Å². The van der Waals surface area contributed by atoms with Gasteiger partial charge in [-0.05, 0) is 43.1 Å². The molecule has 100 valence electrons. The summed E-state index contributed by atoms with van der Waals surface area (Å²) in [5.74, 6) is 0. The molecule has 1 aromatic carbocycles. The summed E-state index contributed by atoms with van der Waals surface area (Å²) in [6, 6.07) is 14.6. The maximum absolute atomic E-state index is 4.65. The van der Waals surface area contributed by atoms with Gasteiger partial charge in [-0.2, -0.15) is 0 Å². The monoisotopic (exact) mass is 263 g/mol. The van der Waals surface area contributed by atoms with Crippen LogP contribution in [0, 0.1) is 6.92 Å². The molecule has 0 radical (unpaired) electrons. The molecule has 0 saturated carbocycles. The third-order valence-corrected chi connectivity index (χ3v) is 3.52. The Kier molecular flexibility index (Phi) is 3.44. The molecule has 0 fully saturated rings. The van der Waals surface area contributed by atoms with Gasteiger partial charge in [0, 0.05) is 23.5 Å².